The van der Waals surface area contributed by atoms with Crippen molar-refractivity contribution in [2.75, 3.05) is 0 Å². The fourth-order valence-corrected chi connectivity index (χ4v) is 5.60. The number of aromatic amines is 2. The van der Waals surface area contributed by atoms with E-state index in [4.69, 9.17) is 0 Å². The van der Waals surface area contributed by atoms with Crippen LogP contribution >= 0.6 is 11.3 Å². The van der Waals surface area contributed by atoms with Crippen molar-refractivity contribution in [3.8, 4) is 33.1 Å². The van der Waals surface area contributed by atoms with Crippen LogP contribution in [-0.2, 0) is 13.1 Å². The van der Waals surface area contributed by atoms with Crippen LogP contribution in [0.4, 0.5) is 8.78 Å². The predicted octanol–water partition coefficient (Wildman–Crippen LogP) is 6.86. The first kappa shape index (κ1) is 24.3. The third kappa shape index (κ3) is 4.42. The van der Waals surface area contributed by atoms with Gasteiger partial charge in [-0.15, -0.1) is 11.3 Å². The first-order chi connectivity index (χ1) is 19.6. The molecule has 0 aliphatic heterocycles. The van der Waals surface area contributed by atoms with Crippen LogP contribution in [0.1, 0.15) is 11.1 Å². The molecule has 0 saturated heterocycles. The highest BCUT2D eigenvalue weighted by Gasteiger charge is 2.21. The van der Waals surface area contributed by atoms with E-state index in [1.807, 2.05) is 24.3 Å². The number of rotatable bonds is 7. The topological polar surface area (TPSA) is 95.2 Å². The van der Waals surface area contributed by atoms with Gasteiger partial charge >= 0.3 is 0 Å². The highest BCUT2D eigenvalue weighted by molar-refractivity contribution is 7.14. The van der Waals surface area contributed by atoms with Crippen molar-refractivity contribution in [1.29, 1.82) is 0 Å². The van der Waals surface area contributed by atoms with Gasteiger partial charge in [0.25, 0.3) is 0 Å². The largest absolute Gasteiger partial charge is 0.335 e. The SMILES string of the molecule is Fc1ccc(-c2ccnc3nc(-c4n[nH]c5ccc(-c6cncc(CNCc7ccccc7)c6)c(F)c45)[nH]c23)s1. The van der Waals surface area contributed by atoms with Gasteiger partial charge in [0.1, 0.15) is 11.5 Å². The van der Waals surface area contributed by atoms with Gasteiger partial charge in [0.15, 0.2) is 16.6 Å². The summed E-state index contributed by atoms with van der Waals surface area (Å²) in [5, 5.41) is 10.7. The molecule has 0 fully saturated rings. The zero-order valence-corrected chi connectivity index (χ0v) is 21.8. The molecular weight excluding hydrogens is 528 g/mol. The van der Waals surface area contributed by atoms with Gasteiger partial charge in [0.05, 0.1) is 16.4 Å². The van der Waals surface area contributed by atoms with Crippen LogP contribution in [0.3, 0.4) is 0 Å². The maximum absolute atomic E-state index is 16.1. The molecule has 0 saturated carbocycles. The zero-order chi connectivity index (χ0) is 27.1. The van der Waals surface area contributed by atoms with E-state index in [-0.39, 0.29) is 5.13 Å². The summed E-state index contributed by atoms with van der Waals surface area (Å²) >= 11 is 1.04. The third-order valence-corrected chi connectivity index (χ3v) is 7.64. The standard InChI is InChI=1S/C30H21F2N7S/c31-24-9-8-23(40-24)21-10-11-35-29-27(21)36-30(37-29)28-25-22(38-39-28)7-6-20(26(25)32)19-12-18(15-34-16-19)14-33-13-17-4-2-1-3-5-17/h1-12,15-16,33H,13-14H2,(H,38,39)(H,35,36,37). The molecule has 10 heteroatoms. The van der Waals surface area contributed by atoms with Crippen LogP contribution < -0.4 is 5.32 Å². The van der Waals surface area contributed by atoms with Crippen LogP contribution in [0.15, 0.2) is 85.3 Å². The molecule has 7 rings (SSSR count). The molecule has 3 N–H and O–H groups in total. The lowest BCUT2D eigenvalue weighted by Gasteiger charge is -2.09. The summed E-state index contributed by atoms with van der Waals surface area (Å²) in [5.74, 6) is -0.0577. The highest BCUT2D eigenvalue weighted by Crippen LogP contribution is 2.36. The summed E-state index contributed by atoms with van der Waals surface area (Å²) in [5.41, 5.74) is 5.93. The molecule has 0 aliphatic rings. The molecule has 0 bridgehead atoms. The number of aromatic nitrogens is 6. The van der Waals surface area contributed by atoms with Crippen molar-refractivity contribution in [2.45, 2.75) is 13.1 Å². The molecule has 0 spiro atoms. The monoisotopic (exact) mass is 549 g/mol. The molecule has 40 heavy (non-hydrogen) atoms. The highest BCUT2D eigenvalue weighted by atomic mass is 32.1. The molecule has 0 unspecified atom stereocenters. The van der Waals surface area contributed by atoms with Crippen molar-refractivity contribution in [2.24, 2.45) is 0 Å². The molecule has 7 nitrogen and oxygen atoms in total. The minimum atomic E-state index is -0.425. The molecule has 5 heterocycles. The van der Waals surface area contributed by atoms with Crippen LogP contribution in [0.25, 0.3) is 55.2 Å². The Morgan fingerprint density at radius 1 is 0.875 bits per heavy atom. The number of imidazole rings is 1. The molecule has 0 atom stereocenters. The van der Waals surface area contributed by atoms with Gasteiger partial charge in [-0.2, -0.15) is 9.49 Å². The number of hydrogen-bond acceptors (Lipinski definition) is 6. The Labute approximate surface area is 231 Å². The van der Waals surface area contributed by atoms with E-state index >= 15 is 4.39 Å². The smallest absolute Gasteiger partial charge is 0.178 e. The van der Waals surface area contributed by atoms with Crippen LogP contribution in [0.5, 0.6) is 0 Å². The van der Waals surface area contributed by atoms with Gasteiger partial charge in [-0.25, -0.2) is 14.4 Å². The minimum absolute atomic E-state index is 0.280. The van der Waals surface area contributed by atoms with Gasteiger partial charge in [0, 0.05) is 53.2 Å². The van der Waals surface area contributed by atoms with E-state index in [0.717, 1.165) is 33.9 Å². The van der Waals surface area contributed by atoms with Crippen molar-refractivity contribution >= 4 is 33.4 Å². The fraction of sp³-hybridized carbons (Fsp3) is 0.0667. The first-order valence-corrected chi connectivity index (χ1v) is 13.4. The van der Waals surface area contributed by atoms with Gasteiger partial charge in [-0.05, 0) is 47.5 Å². The van der Waals surface area contributed by atoms with Crippen molar-refractivity contribution in [3.05, 3.63) is 107 Å². The summed E-state index contributed by atoms with van der Waals surface area (Å²) in [6.45, 7) is 1.32. The molecule has 0 aliphatic carbocycles. The molecule has 0 amide bonds. The number of pyridine rings is 2. The van der Waals surface area contributed by atoms with E-state index in [1.165, 1.54) is 11.6 Å². The average Bonchev–Trinajstić information content (AvgIpc) is 3.72. The average molecular weight is 550 g/mol. The minimum Gasteiger partial charge on any atom is -0.335 e. The van der Waals surface area contributed by atoms with Gasteiger partial charge < -0.3 is 10.3 Å². The Balaban J connectivity index is 1.23. The predicted molar refractivity (Wildman–Crippen MR) is 152 cm³/mol. The van der Waals surface area contributed by atoms with E-state index < -0.39 is 5.82 Å². The molecule has 5 aromatic heterocycles. The molecule has 0 radical (unpaired) electrons. The Bertz CT molecular complexity index is 1980. The summed E-state index contributed by atoms with van der Waals surface area (Å²) in [7, 11) is 0. The first-order valence-electron chi connectivity index (χ1n) is 12.6. The second kappa shape index (κ2) is 10.1. The second-order valence-corrected chi connectivity index (χ2v) is 10.4. The van der Waals surface area contributed by atoms with E-state index in [1.54, 1.807) is 42.9 Å². The number of benzene rings is 2. The lowest BCUT2D eigenvalue weighted by molar-refractivity contribution is 0.643. The second-order valence-electron chi connectivity index (χ2n) is 9.34. The maximum atomic E-state index is 16.1. The number of fused-ring (bicyclic) bond motifs is 2. The van der Waals surface area contributed by atoms with Crippen LogP contribution in [-0.4, -0.2) is 30.1 Å². The summed E-state index contributed by atoms with van der Waals surface area (Å²) < 4.78 is 29.8. The fourth-order valence-electron chi connectivity index (χ4n) is 4.83. The number of H-pyrrole nitrogens is 2. The number of nitrogens with zero attached hydrogens (tertiary/aromatic N) is 4. The quantitative estimate of drug-likeness (QED) is 0.202. The summed E-state index contributed by atoms with van der Waals surface area (Å²) in [6, 6.07) is 20.5. The molecule has 2 aromatic carbocycles. The number of hydrogen-bond donors (Lipinski definition) is 3. The van der Waals surface area contributed by atoms with Crippen LogP contribution in [0, 0.1) is 10.9 Å². The third-order valence-electron chi connectivity index (χ3n) is 6.73. The number of nitrogens with one attached hydrogen (secondary N) is 3. The van der Waals surface area contributed by atoms with Crippen LogP contribution in [0.2, 0.25) is 0 Å². The lowest BCUT2D eigenvalue weighted by Crippen LogP contribution is -2.12. The van der Waals surface area contributed by atoms with E-state index in [9.17, 15) is 4.39 Å². The van der Waals surface area contributed by atoms with Gasteiger partial charge in [-0.1, -0.05) is 30.3 Å². The zero-order valence-electron chi connectivity index (χ0n) is 21.0. The van der Waals surface area contributed by atoms with Crippen molar-refractivity contribution in [3.63, 3.8) is 0 Å². The molecule has 196 valence electrons. The van der Waals surface area contributed by atoms with Gasteiger partial charge in [-0.3, -0.25) is 10.1 Å². The summed E-state index contributed by atoms with van der Waals surface area (Å²) in [4.78, 5) is 17.3. The Morgan fingerprint density at radius 2 is 1.75 bits per heavy atom. The van der Waals surface area contributed by atoms with E-state index in [2.05, 4.69) is 47.6 Å². The Morgan fingerprint density at radius 3 is 2.60 bits per heavy atom. The van der Waals surface area contributed by atoms with E-state index in [0.29, 0.717) is 51.3 Å². The Hall–Kier alpha value is -4.80. The molecule has 7 aromatic rings. The Kier molecular flexibility index (Phi) is 6.10. The lowest BCUT2D eigenvalue weighted by atomic mass is 10.0. The van der Waals surface area contributed by atoms with Crippen molar-refractivity contribution in [1.82, 2.24) is 35.5 Å². The number of halogens is 2. The normalized spacial score (nSPS) is 11.6. The molecular formula is C30H21F2N7S. The maximum Gasteiger partial charge on any atom is 0.178 e. The van der Waals surface area contributed by atoms with Gasteiger partial charge in [0.2, 0.25) is 0 Å². The summed E-state index contributed by atoms with van der Waals surface area (Å²) in [6.07, 6.45) is 5.05. The van der Waals surface area contributed by atoms with Crippen molar-refractivity contribution < 1.29 is 8.78 Å². The number of thiophene rings is 1.